The van der Waals surface area contributed by atoms with E-state index >= 15 is 0 Å². The van der Waals surface area contributed by atoms with E-state index in [0.717, 1.165) is 56.2 Å². The average Bonchev–Trinajstić information content (AvgIpc) is 3.51. The summed E-state index contributed by atoms with van der Waals surface area (Å²) >= 11 is 1.13. The highest BCUT2D eigenvalue weighted by Gasteiger charge is 2.19. The molecule has 0 aliphatic heterocycles. The zero-order valence-corrected chi connectivity index (χ0v) is 19.0. The average molecular weight is 447 g/mol. The van der Waals surface area contributed by atoms with Crippen LogP contribution in [0.5, 0.6) is 0 Å². The number of fused-ring (bicyclic) bond motifs is 3. The summed E-state index contributed by atoms with van der Waals surface area (Å²) in [4.78, 5) is 27.6. The predicted molar refractivity (Wildman–Crippen MR) is 126 cm³/mol. The number of carbonyl (C=O) groups is 1. The van der Waals surface area contributed by atoms with Gasteiger partial charge >= 0.3 is 0 Å². The molecule has 9 nitrogen and oxygen atoms in total. The third kappa shape index (κ3) is 3.28. The Morgan fingerprint density at radius 3 is 2.91 bits per heavy atom. The van der Waals surface area contributed by atoms with Crippen LogP contribution < -0.4 is 5.32 Å². The minimum atomic E-state index is -0.0732. The number of aromatic nitrogens is 6. The largest absolute Gasteiger partial charge is 0.371 e. The van der Waals surface area contributed by atoms with E-state index in [9.17, 15) is 4.79 Å². The molecule has 0 radical (unpaired) electrons. The molecule has 1 aromatic carbocycles. The highest BCUT2D eigenvalue weighted by Crippen LogP contribution is 2.32. The Labute approximate surface area is 188 Å². The summed E-state index contributed by atoms with van der Waals surface area (Å²) in [5.74, 6) is 0.666. The van der Waals surface area contributed by atoms with Gasteiger partial charge in [-0.05, 0) is 41.7 Å². The lowest BCUT2D eigenvalue weighted by atomic mass is 10.1. The summed E-state index contributed by atoms with van der Waals surface area (Å²) in [6.07, 6.45) is 1.80. The first kappa shape index (κ1) is 20.1. The minimum absolute atomic E-state index is 0.0732. The lowest BCUT2D eigenvalue weighted by Gasteiger charge is -2.16. The maximum atomic E-state index is 12.7. The van der Waals surface area contributed by atoms with Crippen LogP contribution in [0.15, 0.2) is 36.7 Å². The molecule has 0 unspecified atom stereocenters. The Balaban J connectivity index is 1.49. The fraction of sp³-hybridized carbons (Fsp3) is 0.227. The molecule has 0 saturated heterocycles. The fourth-order valence-corrected chi connectivity index (χ4v) is 4.56. The summed E-state index contributed by atoms with van der Waals surface area (Å²) in [7, 11) is 5.62. The SMILES string of the molecule is CNc1nc2[nH]c(-c3cccc(CN(C)C(=O)c4snnc4C)c3)cc2c2c1ncn2C. The van der Waals surface area contributed by atoms with Crippen LogP contribution >= 0.6 is 11.5 Å². The molecule has 162 valence electrons. The molecule has 0 fully saturated rings. The normalized spacial score (nSPS) is 11.4. The second kappa shape index (κ2) is 7.72. The lowest BCUT2D eigenvalue weighted by Crippen LogP contribution is -2.26. The van der Waals surface area contributed by atoms with Crippen LogP contribution in [0.4, 0.5) is 5.82 Å². The number of hydrogen-bond acceptors (Lipinski definition) is 7. The molecular weight excluding hydrogens is 424 g/mol. The molecule has 0 aliphatic carbocycles. The van der Waals surface area contributed by atoms with Crippen LogP contribution in [-0.4, -0.2) is 54.0 Å². The van der Waals surface area contributed by atoms with Crippen molar-refractivity contribution in [3.8, 4) is 11.3 Å². The molecule has 0 aliphatic rings. The number of nitrogens with zero attached hydrogens (tertiary/aromatic N) is 6. The highest BCUT2D eigenvalue weighted by atomic mass is 32.1. The summed E-state index contributed by atoms with van der Waals surface area (Å²) in [5.41, 5.74) is 6.34. The van der Waals surface area contributed by atoms with Gasteiger partial charge in [0.15, 0.2) is 5.82 Å². The van der Waals surface area contributed by atoms with Gasteiger partial charge < -0.3 is 19.8 Å². The molecule has 5 aromatic rings. The number of rotatable bonds is 5. The molecule has 4 aromatic heterocycles. The summed E-state index contributed by atoms with van der Waals surface area (Å²) in [5, 5.41) is 8.08. The van der Waals surface area contributed by atoms with Crippen molar-refractivity contribution in [1.82, 2.24) is 34.0 Å². The summed E-state index contributed by atoms with van der Waals surface area (Å²) in [6, 6.07) is 10.3. The number of hydrogen-bond donors (Lipinski definition) is 2. The first-order valence-electron chi connectivity index (χ1n) is 10.1. The van der Waals surface area contributed by atoms with Gasteiger partial charge in [-0.2, -0.15) is 0 Å². The van der Waals surface area contributed by atoms with Crippen LogP contribution in [0.1, 0.15) is 20.9 Å². The zero-order valence-electron chi connectivity index (χ0n) is 18.2. The van der Waals surface area contributed by atoms with Crippen LogP contribution in [0, 0.1) is 6.92 Å². The number of H-pyrrole nitrogens is 1. The second-order valence-electron chi connectivity index (χ2n) is 7.76. The molecule has 32 heavy (non-hydrogen) atoms. The van der Waals surface area contributed by atoms with Crippen LogP contribution in [0.25, 0.3) is 33.3 Å². The Kier molecular flexibility index (Phi) is 4.86. The van der Waals surface area contributed by atoms with Gasteiger partial charge in [0, 0.05) is 38.8 Å². The van der Waals surface area contributed by atoms with Crippen molar-refractivity contribution in [3.05, 3.63) is 52.8 Å². The van der Waals surface area contributed by atoms with E-state index in [0.29, 0.717) is 17.1 Å². The number of anilines is 1. The van der Waals surface area contributed by atoms with Crippen LogP contribution in [-0.2, 0) is 13.6 Å². The van der Waals surface area contributed by atoms with E-state index in [1.165, 1.54) is 0 Å². The Bertz CT molecular complexity index is 1460. The first-order chi connectivity index (χ1) is 15.5. The van der Waals surface area contributed by atoms with Gasteiger partial charge in [0.2, 0.25) is 0 Å². The number of nitrogens with one attached hydrogen (secondary N) is 2. The van der Waals surface area contributed by atoms with Crippen molar-refractivity contribution in [1.29, 1.82) is 0 Å². The molecule has 10 heteroatoms. The quantitative estimate of drug-likeness (QED) is 0.428. The van der Waals surface area contributed by atoms with Crippen molar-refractivity contribution in [2.75, 3.05) is 19.4 Å². The number of pyridine rings is 1. The Hall–Kier alpha value is -3.79. The third-order valence-electron chi connectivity index (χ3n) is 5.52. The minimum Gasteiger partial charge on any atom is -0.371 e. The van der Waals surface area contributed by atoms with Gasteiger partial charge in [-0.25, -0.2) is 9.97 Å². The number of imidazole rings is 1. The van der Waals surface area contributed by atoms with E-state index in [2.05, 4.69) is 37.0 Å². The van der Waals surface area contributed by atoms with E-state index in [1.54, 1.807) is 25.2 Å². The van der Waals surface area contributed by atoms with Crippen LogP contribution in [0.3, 0.4) is 0 Å². The third-order valence-corrected chi connectivity index (χ3v) is 6.34. The second-order valence-corrected chi connectivity index (χ2v) is 8.51. The van der Waals surface area contributed by atoms with E-state index < -0.39 is 0 Å². The predicted octanol–water partition coefficient (Wildman–Crippen LogP) is 3.59. The molecule has 0 saturated carbocycles. The number of amides is 1. The van der Waals surface area contributed by atoms with Gasteiger partial charge in [-0.1, -0.05) is 22.7 Å². The van der Waals surface area contributed by atoms with Crippen molar-refractivity contribution >= 4 is 45.3 Å². The molecule has 0 atom stereocenters. The molecule has 0 spiro atoms. The highest BCUT2D eigenvalue weighted by molar-refractivity contribution is 7.07. The van der Waals surface area contributed by atoms with Gasteiger partial charge in [0.05, 0.1) is 17.5 Å². The number of aromatic amines is 1. The van der Waals surface area contributed by atoms with Gasteiger partial charge in [-0.15, -0.1) is 5.10 Å². The molecule has 2 N–H and O–H groups in total. The number of benzene rings is 1. The van der Waals surface area contributed by atoms with Crippen LogP contribution in [0.2, 0.25) is 0 Å². The fourth-order valence-electron chi connectivity index (χ4n) is 3.91. The van der Waals surface area contributed by atoms with E-state index in [1.807, 2.05) is 36.9 Å². The Morgan fingerprint density at radius 1 is 1.31 bits per heavy atom. The van der Waals surface area contributed by atoms with Crippen molar-refractivity contribution < 1.29 is 4.79 Å². The van der Waals surface area contributed by atoms with Crippen molar-refractivity contribution in [3.63, 3.8) is 0 Å². The molecule has 0 bridgehead atoms. The molecular formula is C22H22N8OS. The molecule has 5 rings (SSSR count). The topological polar surface area (TPSA) is 105 Å². The van der Waals surface area contributed by atoms with Gasteiger partial charge in [0.25, 0.3) is 5.91 Å². The maximum absolute atomic E-state index is 12.7. The Morgan fingerprint density at radius 2 is 2.16 bits per heavy atom. The van der Waals surface area contributed by atoms with Gasteiger partial charge in [-0.3, -0.25) is 4.79 Å². The summed E-state index contributed by atoms with van der Waals surface area (Å²) in [6.45, 7) is 2.28. The van der Waals surface area contributed by atoms with Gasteiger partial charge in [0.1, 0.15) is 16.0 Å². The maximum Gasteiger partial charge on any atom is 0.267 e. The van der Waals surface area contributed by atoms with E-state index in [4.69, 9.17) is 4.98 Å². The first-order valence-corrected chi connectivity index (χ1v) is 10.9. The molecule has 1 amide bonds. The lowest BCUT2D eigenvalue weighted by molar-refractivity contribution is 0.0789. The van der Waals surface area contributed by atoms with E-state index in [-0.39, 0.29) is 5.91 Å². The molecule has 4 heterocycles. The smallest absolute Gasteiger partial charge is 0.267 e. The van der Waals surface area contributed by atoms with Crippen molar-refractivity contribution in [2.45, 2.75) is 13.5 Å². The number of aryl methyl sites for hydroxylation is 2. The standard InChI is InChI=1S/C22H22N8OS/c1-12-19(32-28-27-12)22(31)29(3)10-13-6-5-7-14(8-13)16-9-15-18-17(24-11-30(18)4)21(23-2)26-20(15)25-16/h5-9,11H,10H2,1-4H3,(H2,23,25,26). The zero-order chi connectivity index (χ0) is 22.4. The number of carbonyl (C=O) groups excluding carboxylic acids is 1. The summed E-state index contributed by atoms with van der Waals surface area (Å²) < 4.78 is 5.87. The van der Waals surface area contributed by atoms with Crippen molar-refractivity contribution in [2.24, 2.45) is 7.05 Å². The monoisotopic (exact) mass is 446 g/mol.